The van der Waals surface area contributed by atoms with Crippen LogP contribution in [0.1, 0.15) is 12.5 Å². The lowest BCUT2D eigenvalue weighted by molar-refractivity contribution is 0.0203. The third-order valence-electron chi connectivity index (χ3n) is 3.36. The molecule has 1 saturated heterocycles. The molecule has 0 spiro atoms. The van der Waals surface area contributed by atoms with Gasteiger partial charge in [-0.15, -0.1) is 0 Å². The number of hydrogen-bond acceptors (Lipinski definition) is 3. The van der Waals surface area contributed by atoms with Crippen molar-refractivity contribution in [1.82, 2.24) is 4.90 Å². The van der Waals surface area contributed by atoms with Gasteiger partial charge in [0, 0.05) is 19.1 Å². The molecule has 2 rings (SSSR count). The van der Waals surface area contributed by atoms with Crippen LogP contribution in [0.25, 0.3) is 0 Å². The minimum absolute atomic E-state index is 0.576. The Kier molecular flexibility index (Phi) is 4.40. The Labute approximate surface area is 103 Å². The van der Waals surface area contributed by atoms with Crippen molar-refractivity contribution in [3.63, 3.8) is 0 Å². The van der Waals surface area contributed by atoms with Crippen LogP contribution in [-0.2, 0) is 11.2 Å². The van der Waals surface area contributed by atoms with Crippen LogP contribution in [0.5, 0.6) is 5.75 Å². The molecular weight excluding hydrogens is 214 g/mol. The second-order valence-corrected chi connectivity index (χ2v) is 4.55. The molecule has 3 heteroatoms. The van der Waals surface area contributed by atoms with Gasteiger partial charge >= 0.3 is 0 Å². The van der Waals surface area contributed by atoms with Crippen LogP contribution in [0.15, 0.2) is 24.3 Å². The molecule has 0 amide bonds. The highest BCUT2D eigenvalue weighted by molar-refractivity contribution is 5.27. The predicted molar refractivity (Wildman–Crippen MR) is 68.6 cm³/mol. The van der Waals surface area contributed by atoms with Crippen molar-refractivity contribution in [3.8, 4) is 5.75 Å². The molecule has 1 unspecified atom stereocenters. The highest BCUT2D eigenvalue weighted by Crippen LogP contribution is 2.15. The van der Waals surface area contributed by atoms with E-state index in [-0.39, 0.29) is 0 Å². The lowest BCUT2D eigenvalue weighted by atomic mass is 10.1. The third kappa shape index (κ3) is 3.45. The molecule has 0 bridgehead atoms. The molecule has 3 nitrogen and oxygen atoms in total. The molecule has 94 valence electrons. The summed E-state index contributed by atoms with van der Waals surface area (Å²) in [5.74, 6) is 0.924. The number of nitrogens with zero attached hydrogens (tertiary/aromatic N) is 1. The molecule has 1 atom stereocenters. The van der Waals surface area contributed by atoms with Crippen molar-refractivity contribution in [2.24, 2.45) is 0 Å². The summed E-state index contributed by atoms with van der Waals surface area (Å²) in [6.45, 7) is 6.13. The van der Waals surface area contributed by atoms with Crippen LogP contribution >= 0.6 is 0 Å². The normalized spacial score (nSPS) is 18.9. The van der Waals surface area contributed by atoms with Gasteiger partial charge in [0.25, 0.3) is 0 Å². The van der Waals surface area contributed by atoms with E-state index in [0.717, 1.165) is 38.5 Å². The van der Waals surface area contributed by atoms with Gasteiger partial charge in [0.05, 0.1) is 20.3 Å². The largest absolute Gasteiger partial charge is 0.497 e. The van der Waals surface area contributed by atoms with E-state index in [1.165, 1.54) is 5.56 Å². The maximum absolute atomic E-state index is 5.37. The Morgan fingerprint density at radius 2 is 1.88 bits per heavy atom. The zero-order valence-corrected chi connectivity index (χ0v) is 10.7. The van der Waals surface area contributed by atoms with Gasteiger partial charge in [-0.3, -0.25) is 4.90 Å². The van der Waals surface area contributed by atoms with Crippen molar-refractivity contribution in [3.05, 3.63) is 29.8 Å². The average molecular weight is 235 g/mol. The quantitative estimate of drug-likeness (QED) is 0.796. The zero-order valence-electron chi connectivity index (χ0n) is 10.7. The molecule has 1 aliphatic rings. The van der Waals surface area contributed by atoms with Crippen LogP contribution < -0.4 is 4.74 Å². The van der Waals surface area contributed by atoms with Gasteiger partial charge in [-0.1, -0.05) is 12.1 Å². The summed E-state index contributed by atoms with van der Waals surface area (Å²) >= 11 is 0. The molecule has 0 saturated carbocycles. The topological polar surface area (TPSA) is 21.7 Å². The Balaban J connectivity index is 1.89. The Morgan fingerprint density at radius 1 is 1.24 bits per heavy atom. The van der Waals surface area contributed by atoms with Crippen molar-refractivity contribution < 1.29 is 9.47 Å². The van der Waals surface area contributed by atoms with Crippen LogP contribution in [0.3, 0.4) is 0 Å². The molecule has 0 N–H and O–H groups in total. The predicted octanol–water partition coefficient (Wildman–Crippen LogP) is 1.96. The van der Waals surface area contributed by atoms with E-state index in [1.807, 2.05) is 12.1 Å². The van der Waals surface area contributed by atoms with Gasteiger partial charge < -0.3 is 9.47 Å². The molecule has 1 fully saturated rings. The zero-order chi connectivity index (χ0) is 12.1. The summed E-state index contributed by atoms with van der Waals surface area (Å²) in [4.78, 5) is 2.49. The first-order valence-electron chi connectivity index (χ1n) is 6.24. The monoisotopic (exact) mass is 235 g/mol. The molecule has 1 heterocycles. The Morgan fingerprint density at radius 3 is 2.47 bits per heavy atom. The fourth-order valence-corrected chi connectivity index (χ4v) is 2.25. The van der Waals surface area contributed by atoms with Crippen LogP contribution in [-0.4, -0.2) is 44.4 Å². The summed E-state index contributed by atoms with van der Waals surface area (Å²) in [5, 5.41) is 0. The first-order chi connectivity index (χ1) is 8.29. The summed E-state index contributed by atoms with van der Waals surface area (Å²) in [5.41, 5.74) is 1.37. The minimum atomic E-state index is 0.576. The van der Waals surface area contributed by atoms with E-state index in [9.17, 15) is 0 Å². The maximum atomic E-state index is 5.37. The summed E-state index contributed by atoms with van der Waals surface area (Å²) in [6.07, 6.45) is 1.09. The van der Waals surface area contributed by atoms with Gasteiger partial charge in [-0.25, -0.2) is 0 Å². The van der Waals surface area contributed by atoms with Gasteiger partial charge in [0.1, 0.15) is 5.75 Å². The molecule has 0 aromatic heterocycles. The number of benzene rings is 1. The fraction of sp³-hybridized carbons (Fsp3) is 0.571. The molecule has 1 aromatic carbocycles. The molecule has 17 heavy (non-hydrogen) atoms. The number of rotatable bonds is 4. The molecular formula is C14H21NO2. The lowest BCUT2D eigenvalue weighted by Gasteiger charge is -2.32. The van der Waals surface area contributed by atoms with E-state index < -0.39 is 0 Å². The van der Waals surface area contributed by atoms with Crippen LogP contribution in [0, 0.1) is 0 Å². The van der Waals surface area contributed by atoms with E-state index in [2.05, 4.69) is 24.0 Å². The van der Waals surface area contributed by atoms with Gasteiger partial charge in [0.2, 0.25) is 0 Å². The minimum Gasteiger partial charge on any atom is -0.497 e. The molecule has 1 aromatic rings. The summed E-state index contributed by atoms with van der Waals surface area (Å²) in [7, 11) is 1.70. The summed E-state index contributed by atoms with van der Waals surface area (Å²) < 4.78 is 10.5. The number of morpholine rings is 1. The van der Waals surface area contributed by atoms with Crippen LogP contribution in [0.4, 0.5) is 0 Å². The fourth-order valence-electron chi connectivity index (χ4n) is 2.25. The van der Waals surface area contributed by atoms with E-state index in [0.29, 0.717) is 6.04 Å². The van der Waals surface area contributed by atoms with Crippen molar-refractivity contribution >= 4 is 0 Å². The highest BCUT2D eigenvalue weighted by Gasteiger charge is 2.16. The maximum Gasteiger partial charge on any atom is 0.118 e. The molecule has 1 aliphatic heterocycles. The molecule has 0 radical (unpaired) electrons. The SMILES string of the molecule is COc1ccc(CC(C)N2CCOCC2)cc1. The average Bonchev–Trinajstić information content (AvgIpc) is 2.40. The Hall–Kier alpha value is -1.06. The van der Waals surface area contributed by atoms with Gasteiger partial charge in [-0.2, -0.15) is 0 Å². The van der Waals surface area contributed by atoms with Crippen molar-refractivity contribution in [2.45, 2.75) is 19.4 Å². The van der Waals surface area contributed by atoms with Crippen molar-refractivity contribution in [2.75, 3.05) is 33.4 Å². The third-order valence-corrected chi connectivity index (χ3v) is 3.36. The number of hydrogen-bond donors (Lipinski definition) is 0. The number of ether oxygens (including phenoxy) is 2. The van der Waals surface area contributed by atoms with Gasteiger partial charge in [0.15, 0.2) is 0 Å². The first kappa shape index (κ1) is 12.4. The molecule has 0 aliphatic carbocycles. The Bertz CT molecular complexity index is 331. The van der Waals surface area contributed by atoms with E-state index in [1.54, 1.807) is 7.11 Å². The first-order valence-corrected chi connectivity index (χ1v) is 6.24. The number of methoxy groups -OCH3 is 1. The van der Waals surface area contributed by atoms with E-state index >= 15 is 0 Å². The van der Waals surface area contributed by atoms with Crippen molar-refractivity contribution in [1.29, 1.82) is 0 Å². The highest BCUT2D eigenvalue weighted by atomic mass is 16.5. The second-order valence-electron chi connectivity index (χ2n) is 4.55. The van der Waals surface area contributed by atoms with E-state index in [4.69, 9.17) is 9.47 Å². The second kappa shape index (κ2) is 6.03. The summed E-state index contributed by atoms with van der Waals surface area (Å²) in [6, 6.07) is 8.93. The lowest BCUT2D eigenvalue weighted by Crippen LogP contribution is -2.43. The van der Waals surface area contributed by atoms with Crippen LogP contribution in [0.2, 0.25) is 0 Å². The standard InChI is InChI=1S/C14H21NO2/c1-12(15-7-9-17-10-8-15)11-13-3-5-14(16-2)6-4-13/h3-6,12H,7-11H2,1-2H3. The van der Waals surface area contributed by atoms with Gasteiger partial charge in [-0.05, 0) is 31.0 Å². The smallest absolute Gasteiger partial charge is 0.118 e.